The molecule has 0 aliphatic rings. The highest BCUT2D eigenvalue weighted by molar-refractivity contribution is 5.81. The van der Waals surface area contributed by atoms with Crippen LogP contribution in [-0.2, 0) is 9.53 Å². The third-order valence-corrected chi connectivity index (χ3v) is 1.74. The van der Waals surface area contributed by atoms with E-state index in [1.807, 2.05) is 12.2 Å². The van der Waals surface area contributed by atoms with E-state index in [1.165, 1.54) is 6.08 Å². The zero-order valence-corrected chi connectivity index (χ0v) is 9.45. The fourth-order valence-electron chi connectivity index (χ4n) is 1.01. The number of ether oxygens (including phenoxy) is 1. The van der Waals surface area contributed by atoms with E-state index < -0.39 is 0 Å². The smallest absolute Gasteiger partial charge is 0.330 e. The molecule has 0 bridgehead atoms. The van der Waals surface area contributed by atoms with Crippen LogP contribution in [0.1, 0.15) is 32.6 Å². The fourth-order valence-corrected chi connectivity index (χ4v) is 1.01. The molecule has 0 spiro atoms. The first-order chi connectivity index (χ1) is 7.31. The van der Waals surface area contributed by atoms with Gasteiger partial charge in [0.05, 0.1) is 6.61 Å². The topological polar surface area (TPSA) is 26.3 Å². The molecule has 0 unspecified atom stereocenters. The average molecular weight is 208 g/mol. The van der Waals surface area contributed by atoms with Gasteiger partial charge in [-0.3, -0.25) is 0 Å². The predicted octanol–water partition coefficient (Wildman–Crippen LogP) is 3.41. The quantitative estimate of drug-likeness (QED) is 0.264. The number of hydrogen-bond donors (Lipinski definition) is 0. The Morgan fingerprint density at radius 1 is 1.13 bits per heavy atom. The SMILES string of the molecule is C=CCC/C=C/CC/C=C/C(=O)OCC. The molecule has 0 fully saturated rings. The second-order valence-electron chi connectivity index (χ2n) is 3.07. The van der Waals surface area contributed by atoms with Gasteiger partial charge >= 0.3 is 5.97 Å². The van der Waals surface area contributed by atoms with Crippen LogP contribution in [0.5, 0.6) is 0 Å². The zero-order chi connectivity index (χ0) is 11.4. The lowest BCUT2D eigenvalue weighted by Gasteiger charge is -1.93. The fraction of sp³-hybridized carbons (Fsp3) is 0.462. The Balaban J connectivity index is 3.40. The molecule has 0 rings (SSSR count). The molecule has 0 saturated heterocycles. The molecule has 84 valence electrons. The van der Waals surface area contributed by atoms with Crippen LogP contribution in [0.25, 0.3) is 0 Å². The van der Waals surface area contributed by atoms with Crippen molar-refractivity contribution in [1.82, 2.24) is 0 Å². The summed E-state index contributed by atoms with van der Waals surface area (Å²) in [5, 5.41) is 0. The molecule has 0 saturated carbocycles. The third-order valence-electron chi connectivity index (χ3n) is 1.74. The average Bonchev–Trinajstić information content (AvgIpc) is 2.22. The van der Waals surface area contributed by atoms with Gasteiger partial charge in [0.1, 0.15) is 0 Å². The van der Waals surface area contributed by atoms with Crippen LogP contribution in [0, 0.1) is 0 Å². The highest BCUT2D eigenvalue weighted by atomic mass is 16.5. The summed E-state index contributed by atoms with van der Waals surface area (Å²) in [4.78, 5) is 10.9. The van der Waals surface area contributed by atoms with Crippen molar-refractivity contribution in [3.63, 3.8) is 0 Å². The summed E-state index contributed by atoms with van der Waals surface area (Å²) in [5.74, 6) is -0.256. The molecule has 0 aliphatic carbocycles. The normalized spacial score (nSPS) is 11.0. The minimum Gasteiger partial charge on any atom is -0.463 e. The summed E-state index contributed by atoms with van der Waals surface area (Å²) in [5.41, 5.74) is 0. The maximum absolute atomic E-state index is 10.9. The Morgan fingerprint density at radius 2 is 1.73 bits per heavy atom. The van der Waals surface area contributed by atoms with Crippen molar-refractivity contribution < 1.29 is 9.53 Å². The molecular formula is C13H20O2. The van der Waals surface area contributed by atoms with Crippen molar-refractivity contribution in [2.24, 2.45) is 0 Å². The number of esters is 1. The molecule has 0 aromatic rings. The van der Waals surface area contributed by atoms with Gasteiger partial charge in [0.15, 0.2) is 0 Å². The van der Waals surface area contributed by atoms with Gasteiger partial charge in [-0.15, -0.1) is 6.58 Å². The first-order valence-corrected chi connectivity index (χ1v) is 5.40. The largest absolute Gasteiger partial charge is 0.463 e. The van der Waals surface area contributed by atoms with Crippen molar-refractivity contribution in [3.05, 3.63) is 37.0 Å². The Bertz CT molecular complexity index is 227. The molecule has 0 atom stereocenters. The van der Waals surface area contributed by atoms with E-state index in [9.17, 15) is 4.79 Å². The number of carbonyl (C=O) groups is 1. The predicted molar refractivity (Wildman–Crippen MR) is 63.6 cm³/mol. The highest BCUT2D eigenvalue weighted by Gasteiger charge is 1.90. The first kappa shape index (κ1) is 13.7. The number of carbonyl (C=O) groups excluding carboxylic acids is 1. The van der Waals surface area contributed by atoms with E-state index >= 15 is 0 Å². The summed E-state index contributed by atoms with van der Waals surface area (Å²) in [7, 11) is 0. The minimum atomic E-state index is -0.256. The summed E-state index contributed by atoms with van der Waals surface area (Å²) < 4.78 is 4.75. The van der Waals surface area contributed by atoms with Crippen molar-refractivity contribution in [2.75, 3.05) is 6.61 Å². The maximum Gasteiger partial charge on any atom is 0.330 e. The molecule has 0 aromatic carbocycles. The van der Waals surface area contributed by atoms with Crippen LogP contribution in [0.3, 0.4) is 0 Å². The lowest BCUT2D eigenvalue weighted by Crippen LogP contribution is -1.98. The molecule has 15 heavy (non-hydrogen) atoms. The van der Waals surface area contributed by atoms with E-state index in [1.54, 1.807) is 6.92 Å². The second kappa shape index (κ2) is 10.8. The summed E-state index contributed by atoms with van der Waals surface area (Å²) >= 11 is 0. The van der Waals surface area contributed by atoms with Gasteiger partial charge in [-0.1, -0.05) is 24.3 Å². The van der Waals surface area contributed by atoms with E-state index in [0.717, 1.165) is 25.7 Å². The van der Waals surface area contributed by atoms with Crippen LogP contribution >= 0.6 is 0 Å². The highest BCUT2D eigenvalue weighted by Crippen LogP contribution is 1.97. The van der Waals surface area contributed by atoms with Crippen molar-refractivity contribution in [2.45, 2.75) is 32.6 Å². The molecule has 0 N–H and O–H groups in total. The summed E-state index contributed by atoms with van der Waals surface area (Å²) in [6.45, 7) is 5.88. The number of unbranched alkanes of at least 4 members (excludes halogenated alkanes) is 2. The monoisotopic (exact) mass is 208 g/mol. The molecule has 2 nitrogen and oxygen atoms in total. The van der Waals surface area contributed by atoms with Crippen molar-refractivity contribution in [3.8, 4) is 0 Å². The standard InChI is InChI=1S/C13H20O2/c1-3-5-6-7-8-9-10-11-12-13(14)15-4-2/h3,7-8,11-12H,1,4-6,9-10H2,2H3/b8-7+,12-11+. The van der Waals surface area contributed by atoms with Gasteiger partial charge in [0, 0.05) is 6.08 Å². The number of hydrogen-bond acceptors (Lipinski definition) is 2. The van der Waals surface area contributed by atoms with Gasteiger partial charge in [0.2, 0.25) is 0 Å². The number of allylic oxidation sites excluding steroid dienone is 4. The Kier molecular flexibility index (Phi) is 9.83. The Morgan fingerprint density at radius 3 is 2.33 bits per heavy atom. The zero-order valence-electron chi connectivity index (χ0n) is 9.45. The van der Waals surface area contributed by atoms with Gasteiger partial charge < -0.3 is 4.74 Å². The van der Waals surface area contributed by atoms with Crippen LogP contribution in [-0.4, -0.2) is 12.6 Å². The third kappa shape index (κ3) is 10.6. The first-order valence-electron chi connectivity index (χ1n) is 5.40. The Hall–Kier alpha value is -1.31. The molecule has 0 radical (unpaired) electrons. The van der Waals surface area contributed by atoms with Crippen LogP contribution in [0.15, 0.2) is 37.0 Å². The summed E-state index contributed by atoms with van der Waals surface area (Å²) in [6, 6.07) is 0. The summed E-state index contributed by atoms with van der Waals surface area (Å²) in [6.07, 6.45) is 13.4. The molecule has 0 aliphatic heterocycles. The molecular weight excluding hydrogens is 188 g/mol. The van der Waals surface area contributed by atoms with Crippen molar-refractivity contribution >= 4 is 5.97 Å². The lowest BCUT2D eigenvalue weighted by atomic mass is 10.2. The van der Waals surface area contributed by atoms with E-state index in [2.05, 4.69) is 18.7 Å². The molecule has 0 aromatic heterocycles. The minimum absolute atomic E-state index is 0.256. The lowest BCUT2D eigenvalue weighted by molar-refractivity contribution is -0.137. The molecule has 0 amide bonds. The van der Waals surface area contributed by atoms with Crippen LogP contribution in [0.4, 0.5) is 0 Å². The van der Waals surface area contributed by atoms with Crippen LogP contribution < -0.4 is 0 Å². The molecule has 0 heterocycles. The van der Waals surface area contributed by atoms with Gasteiger partial charge in [0.25, 0.3) is 0 Å². The van der Waals surface area contributed by atoms with E-state index in [4.69, 9.17) is 4.74 Å². The van der Waals surface area contributed by atoms with Crippen LogP contribution in [0.2, 0.25) is 0 Å². The number of rotatable bonds is 8. The van der Waals surface area contributed by atoms with Crippen molar-refractivity contribution in [1.29, 1.82) is 0 Å². The molecule has 2 heteroatoms. The van der Waals surface area contributed by atoms with Gasteiger partial charge in [-0.05, 0) is 32.6 Å². The van der Waals surface area contributed by atoms with E-state index in [-0.39, 0.29) is 5.97 Å². The maximum atomic E-state index is 10.9. The second-order valence-corrected chi connectivity index (χ2v) is 3.07. The van der Waals surface area contributed by atoms with Gasteiger partial charge in [-0.2, -0.15) is 0 Å². The van der Waals surface area contributed by atoms with Gasteiger partial charge in [-0.25, -0.2) is 4.79 Å². The Labute approximate surface area is 92.3 Å². The van der Waals surface area contributed by atoms with E-state index in [0.29, 0.717) is 6.61 Å².